The summed E-state index contributed by atoms with van der Waals surface area (Å²) < 4.78 is 4.86. The number of nitrogens with one attached hydrogen (secondary N) is 2. The highest BCUT2D eigenvalue weighted by Crippen LogP contribution is 2.42. The Morgan fingerprint density at radius 3 is 2.70 bits per heavy atom. The van der Waals surface area contributed by atoms with Crippen molar-refractivity contribution < 1.29 is 14.3 Å². The molecule has 0 bridgehead atoms. The molecule has 0 aromatic carbocycles. The first-order valence-electron chi connectivity index (χ1n) is 7.08. The molecule has 0 spiro atoms. The van der Waals surface area contributed by atoms with Crippen LogP contribution in [0, 0.1) is 34.0 Å². The van der Waals surface area contributed by atoms with Gasteiger partial charge in [-0.2, -0.15) is 10.5 Å². The summed E-state index contributed by atoms with van der Waals surface area (Å²) in [4.78, 5) is 24.1. The number of nitrogens with zero attached hydrogens (tertiary/aromatic N) is 2. The maximum Gasteiger partial charge on any atom is 0.243 e. The molecule has 1 aliphatic rings. The van der Waals surface area contributed by atoms with Crippen LogP contribution in [0.4, 0.5) is 0 Å². The van der Waals surface area contributed by atoms with Crippen LogP contribution < -0.4 is 10.6 Å². The van der Waals surface area contributed by atoms with Crippen LogP contribution in [0.1, 0.15) is 20.8 Å². The molecule has 2 N–H and O–H groups in total. The number of nitriles is 2. The molecule has 1 heterocycles. The van der Waals surface area contributed by atoms with Gasteiger partial charge in [-0.05, 0) is 6.92 Å². The van der Waals surface area contributed by atoms with Crippen molar-refractivity contribution in [3.8, 4) is 12.1 Å². The molecule has 0 saturated carbocycles. The molecular formula is C15H20N4O3S. The molecule has 0 aliphatic carbocycles. The van der Waals surface area contributed by atoms with Crippen molar-refractivity contribution in [2.75, 3.05) is 20.3 Å². The van der Waals surface area contributed by atoms with Crippen molar-refractivity contribution in [3.05, 3.63) is 10.6 Å². The highest BCUT2D eigenvalue weighted by atomic mass is 32.2. The van der Waals surface area contributed by atoms with Gasteiger partial charge in [0.05, 0.1) is 34.6 Å². The lowest BCUT2D eigenvalue weighted by Crippen LogP contribution is -2.45. The Morgan fingerprint density at radius 2 is 2.17 bits per heavy atom. The predicted molar refractivity (Wildman–Crippen MR) is 85.6 cm³/mol. The van der Waals surface area contributed by atoms with E-state index in [9.17, 15) is 14.9 Å². The molecule has 124 valence electrons. The first kappa shape index (κ1) is 19.0. The average molecular weight is 336 g/mol. The van der Waals surface area contributed by atoms with Gasteiger partial charge in [0.25, 0.3) is 0 Å². The zero-order valence-electron chi connectivity index (χ0n) is 13.6. The lowest BCUT2D eigenvalue weighted by molar-refractivity contribution is -0.125. The zero-order chi connectivity index (χ0) is 17.6. The molecule has 2 amide bonds. The van der Waals surface area contributed by atoms with Crippen LogP contribution in [0.5, 0.6) is 0 Å². The molecule has 0 aromatic heterocycles. The van der Waals surface area contributed by atoms with Gasteiger partial charge in [0, 0.05) is 19.1 Å². The lowest BCUT2D eigenvalue weighted by atomic mass is 9.72. The quantitative estimate of drug-likeness (QED) is 0.696. The Bertz CT molecular complexity index is 601. The van der Waals surface area contributed by atoms with Gasteiger partial charge >= 0.3 is 0 Å². The molecular weight excluding hydrogens is 316 g/mol. The Hall–Kier alpha value is -2.03. The summed E-state index contributed by atoms with van der Waals surface area (Å²) in [5.74, 6) is -1.61. The number of allylic oxidation sites excluding steroid dienone is 1. The minimum Gasteiger partial charge on any atom is -0.383 e. The van der Waals surface area contributed by atoms with Crippen molar-refractivity contribution in [1.82, 2.24) is 10.6 Å². The van der Waals surface area contributed by atoms with Crippen LogP contribution >= 0.6 is 11.8 Å². The van der Waals surface area contributed by atoms with Crippen molar-refractivity contribution in [3.63, 3.8) is 0 Å². The summed E-state index contributed by atoms with van der Waals surface area (Å²) >= 11 is 1.10. The molecule has 23 heavy (non-hydrogen) atoms. The molecule has 2 atom stereocenters. The molecule has 8 heteroatoms. The molecule has 0 saturated heterocycles. The predicted octanol–water partition coefficient (Wildman–Crippen LogP) is 0.902. The maximum atomic E-state index is 12.1. The van der Waals surface area contributed by atoms with E-state index < -0.39 is 22.5 Å². The second-order valence-corrected chi connectivity index (χ2v) is 6.98. The van der Waals surface area contributed by atoms with Gasteiger partial charge in [0.15, 0.2) is 0 Å². The van der Waals surface area contributed by atoms with E-state index in [4.69, 9.17) is 10.00 Å². The Morgan fingerprint density at radius 1 is 1.52 bits per heavy atom. The van der Waals surface area contributed by atoms with E-state index in [1.54, 1.807) is 27.9 Å². The maximum absolute atomic E-state index is 12.1. The average Bonchev–Trinajstić information content (AvgIpc) is 2.46. The summed E-state index contributed by atoms with van der Waals surface area (Å²) in [6.07, 6.45) is 0. The number of hydrogen-bond donors (Lipinski definition) is 2. The smallest absolute Gasteiger partial charge is 0.243 e. The number of hydrogen-bond acceptors (Lipinski definition) is 6. The van der Waals surface area contributed by atoms with Gasteiger partial charge < -0.3 is 15.4 Å². The summed E-state index contributed by atoms with van der Waals surface area (Å²) in [6, 6.07) is 4.01. The minimum atomic E-state index is -0.938. The SMILES string of the molecule is COCCNC(=O)[C@H](C)SC1=C(C#N)C(C)(C)[C@H](C#N)C(=O)N1. The lowest BCUT2D eigenvalue weighted by Gasteiger charge is -2.35. The fourth-order valence-corrected chi connectivity index (χ4v) is 3.29. The van der Waals surface area contributed by atoms with Crippen LogP contribution in [-0.2, 0) is 14.3 Å². The number of amides is 2. The van der Waals surface area contributed by atoms with Crippen molar-refractivity contribution in [2.24, 2.45) is 11.3 Å². The second-order valence-electron chi connectivity index (χ2n) is 5.63. The van der Waals surface area contributed by atoms with Gasteiger partial charge in [-0.15, -0.1) is 0 Å². The summed E-state index contributed by atoms with van der Waals surface area (Å²) in [7, 11) is 1.54. The number of carbonyl (C=O) groups excluding carboxylic acids is 2. The number of thioether (sulfide) groups is 1. The van der Waals surface area contributed by atoms with E-state index in [-0.39, 0.29) is 5.91 Å². The molecule has 1 aliphatic heterocycles. The molecule has 0 unspecified atom stereocenters. The normalized spacial score (nSPS) is 21.0. The first-order chi connectivity index (χ1) is 10.8. The topological polar surface area (TPSA) is 115 Å². The number of ether oxygens (including phenoxy) is 1. The van der Waals surface area contributed by atoms with Gasteiger partial charge in [-0.3, -0.25) is 9.59 Å². The van der Waals surface area contributed by atoms with Crippen LogP contribution in [-0.4, -0.2) is 37.3 Å². The van der Waals surface area contributed by atoms with Gasteiger partial charge in [0.2, 0.25) is 11.8 Å². The molecule has 0 fully saturated rings. The minimum absolute atomic E-state index is 0.216. The highest BCUT2D eigenvalue weighted by molar-refractivity contribution is 8.04. The number of rotatable bonds is 6. The number of carbonyl (C=O) groups is 2. The molecule has 0 aromatic rings. The largest absolute Gasteiger partial charge is 0.383 e. The Kier molecular flexibility index (Phi) is 6.62. The van der Waals surface area contributed by atoms with E-state index in [2.05, 4.69) is 16.7 Å². The standard InChI is InChI=1S/C15H20N4O3S/c1-9(12(20)18-5-6-22-4)23-14-11(8-17)15(2,3)10(7-16)13(21)19-14/h9-10H,5-6H2,1-4H3,(H,18,20)(H,19,21)/t9-,10+/m0/s1. The van der Waals surface area contributed by atoms with Crippen LogP contribution in [0.2, 0.25) is 0 Å². The third-order valence-electron chi connectivity index (χ3n) is 3.60. The van der Waals surface area contributed by atoms with E-state index in [1.807, 2.05) is 6.07 Å². The Balaban J connectivity index is 2.95. The number of methoxy groups -OCH3 is 1. The summed E-state index contributed by atoms with van der Waals surface area (Å²) in [5.41, 5.74) is -0.592. The highest BCUT2D eigenvalue weighted by Gasteiger charge is 2.45. The van der Waals surface area contributed by atoms with E-state index in [1.165, 1.54) is 0 Å². The van der Waals surface area contributed by atoms with Crippen molar-refractivity contribution >= 4 is 23.6 Å². The van der Waals surface area contributed by atoms with Gasteiger partial charge in [-0.1, -0.05) is 25.6 Å². The van der Waals surface area contributed by atoms with Crippen LogP contribution in [0.3, 0.4) is 0 Å². The fraction of sp³-hybridized carbons (Fsp3) is 0.600. The zero-order valence-corrected chi connectivity index (χ0v) is 14.4. The van der Waals surface area contributed by atoms with Crippen molar-refractivity contribution in [1.29, 1.82) is 10.5 Å². The molecule has 7 nitrogen and oxygen atoms in total. The van der Waals surface area contributed by atoms with Gasteiger partial charge in [0.1, 0.15) is 5.92 Å². The third-order valence-corrected chi connectivity index (χ3v) is 4.71. The molecule has 1 rings (SSSR count). The first-order valence-corrected chi connectivity index (χ1v) is 7.96. The Labute approximate surface area is 140 Å². The summed E-state index contributed by atoms with van der Waals surface area (Å²) in [5, 5.41) is 23.7. The van der Waals surface area contributed by atoms with Crippen molar-refractivity contribution in [2.45, 2.75) is 26.0 Å². The van der Waals surface area contributed by atoms with Gasteiger partial charge in [-0.25, -0.2) is 0 Å². The van der Waals surface area contributed by atoms with E-state index in [0.29, 0.717) is 23.8 Å². The van der Waals surface area contributed by atoms with Crippen LogP contribution in [0.15, 0.2) is 10.6 Å². The third kappa shape index (κ3) is 4.25. The second kappa shape index (κ2) is 8.00. The van der Waals surface area contributed by atoms with E-state index >= 15 is 0 Å². The fourth-order valence-electron chi connectivity index (χ4n) is 2.16. The molecule has 0 radical (unpaired) electrons. The van der Waals surface area contributed by atoms with E-state index in [0.717, 1.165) is 11.8 Å². The van der Waals surface area contributed by atoms with Crippen LogP contribution in [0.25, 0.3) is 0 Å². The summed E-state index contributed by atoms with van der Waals surface area (Å²) in [6.45, 7) is 5.84. The monoisotopic (exact) mass is 336 g/mol.